The highest BCUT2D eigenvalue weighted by atomic mass is 32.1. The first kappa shape index (κ1) is 18.9. The second-order valence-electron chi connectivity index (χ2n) is 8.17. The Hall–Kier alpha value is -3.05. The number of hydrogen-bond acceptors (Lipinski definition) is 5. The molecule has 0 amide bonds. The number of carbonyl (C=O) groups excluding carboxylic acids is 1. The molecule has 0 saturated heterocycles. The molecule has 4 nitrogen and oxygen atoms in total. The molecule has 3 aromatic rings. The van der Waals surface area contributed by atoms with Crippen LogP contribution in [0.15, 0.2) is 77.3 Å². The van der Waals surface area contributed by atoms with Gasteiger partial charge in [-0.05, 0) is 53.6 Å². The summed E-state index contributed by atoms with van der Waals surface area (Å²) in [7, 11) is 4.08. The fourth-order valence-corrected chi connectivity index (χ4v) is 5.23. The van der Waals surface area contributed by atoms with Crippen LogP contribution in [0.4, 0.5) is 17.1 Å². The van der Waals surface area contributed by atoms with Gasteiger partial charge in [-0.3, -0.25) is 4.79 Å². The molecule has 1 aromatic heterocycles. The molecule has 1 aliphatic carbocycles. The Balaban J connectivity index is 1.54. The van der Waals surface area contributed by atoms with E-state index < -0.39 is 0 Å². The van der Waals surface area contributed by atoms with Gasteiger partial charge in [0.15, 0.2) is 5.78 Å². The number of benzene rings is 2. The lowest BCUT2D eigenvalue weighted by atomic mass is 9.79. The molecule has 2 aliphatic rings. The SMILES string of the molecule is CN(C)c1ccc(C2CC(=O)C3=C(C2)Nc2ccccc2NC3c2cccs2)cc1. The van der Waals surface area contributed by atoms with Gasteiger partial charge in [0.25, 0.3) is 0 Å². The number of thiophene rings is 1. The van der Waals surface area contributed by atoms with E-state index in [0.717, 1.165) is 29.1 Å². The summed E-state index contributed by atoms with van der Waals surface area (Å²) in [5.41, 5.74) is 6.38. The van der Waals surface area contributed by atoms with E-state index in [-0.39, 0.29) is 17.7 Å². The normalized spacial score (nSPS) is 20.5. The number of anilines is 3. The van der Waals surface area contributed by atoms with Crippen molar-refractivity contribution in [2.75, 3.05) is 29.6 Å². The van der Waals surface area contributed by atoms with Gasteiger partial charge in [0.2, 0.25) is 0 Å². The highest BCUT2D eigenvalue weighted by molar-refractivity contribution is 7.10. The molecule has 0 fully saturated rings. The minimum Gasteiger partial charge on any atom is -0.378 e. The zero-order valence-corrected chi connectivity index (χ0v) is 18.0. The maximum Gasteiger partial charge on any atom is 0.163 e. The van der Waals surface area contributed by atoms with Crippen LogP contribution >= 0.6 is 11.3 Å². The number of nitrogens with one attached hydrogen (secondary N) is 2. The summed E-state index contributed by atoms with van der Waals surface area (Å²) in [6, 6.07) is 20.9. The zero-order valence-electron chi connectivity index (χ0n) is 17.2. The van der Waals surface area contributed by atoms with Crippen LogP contribution in [0.2, 0.25) is 0 Å². The van der Waals surface area contributed by atoms with Crippen molar-refractivity contribution < 1.29 is 4.79 Å². The van der Waals surface area contributed by atoms with Crippen molar-refractivity contribution in [1.29, 1.82) is 0 Å². The topological polar surface area (TPSA) is 44.4 Å². The highest BCUT2D eigenvalue weighted by Crippen LogP contribution is 2.45. The molecule has 30 heavy (non-hydrogen) atoms. The van der Waals surface area contributed by atoms with E-state index in [1.165, 1.54) is 16.1 Å². The molecule has 5 heteroatoms. The molecule has 2 N–H and O–H groups in total. The van der Waals surface area contributed by atoms with Gasteiger partial charge in [-0.2, -0.15) is 0 Å². The van der Waals surface area contributed by atoms with Crippen LogP contribution in [0.3, 0.4) is 0 Å². The summed E-state index contributed by atoms with van der Waals surface area (Å²) in [6.45, 7) is 0. The van der Waals surface area contributed by atoms with Crippen molar-refractivity contribution in [3.05, 3.63) is 87.8 Å². The number of hydrogen-bond donors (Lipinski definition) is 2. The fraction of sp³-hybridized carbons (Fsp3) is 0.240. The molecule has 0 spiro atoms. The number of ketones is 1. The molecule has 2 heterocycles. The Morgan fingerprint density at radius 2 is 1.70 bits per heavy atom. The van der Waals surface area contributed by atoms with Crippen molar-refractivity contribution in [3.8, 4) is 0 Å². The largest absolute Gasteiger partial charge is 0.378 e. The predicted octanol–water partition coefficient (Wildman–Crippen LogP) is 5.79. The van der Waals surface area contributed by atoms with E-state index in [0.29, 0.717) is 6.42 Å². The van der Waals surface area contributed by atoms with Gasteiger partial charge >= 0.3 is 0 Å². The summed E-state index contributed by atoms with van der Waals surface area (Å²) in [6.07, 6.45) is 1.38. The van der Waals surface area contributed by atoms with E-state index in [1.54, 1.807) is 11.3 Å². The molecular weight excluding hydrogens is 390 g/mol. The molecule has 0 bridgehead atoms. The van der Waals surface area contributed by atoms with Crippen LogP contribution in [-0.4, -0.2) is 19.9 Å². The van der Waals surface area contributed by atoms with Crippen molar-refractivity contribution in [1.82, 2.24) is 0 Å². The number of Topliss-reactive ketones (excluding diaryl/α,β-unsaturated/α-hetero) is 1. The summed E-state index contributed by atoms with van der Waals surface area (Å²) >= 11 is 1.69. The number of nitrogens with zero attached hydrogens (tertiary/aromatic N) is 1. The van der Waals surface area contributed by atoms with Crippen molar-refractivity contribution in [2.45, 2.75) is 24.8 Å². The van der Waals surface area contributed by atoms with Crippen LogP contribution in [0, 0.1) is 0 Å². The van der Waals surface area contributed by atoms with Crippen LogP contribution in [-0.2, 0) is 4.79 Å². The van der Waals surface area contributed by atoms with Gasteiger partial charge in [0, 0.05) is 42.4 Å². The molecule has 2 atom stereocenters. The smallest absolute Gasteiger partial charge is 0.163 e. The number of fused-ring (bicyclic) bond motifs is 1. The lowest BCUT2D eigenvalue weighted by Crippen LogP contribution is -2.26. The van der Waals surface area contributed by atoms with Crippen molar-refractivity contribution >= 4 is 34.2 Å². The Morgan fingerprint density at radius 3 is 2.40 bits per heavy atom. The molecule has 0 saturated carbocycles. The first-order valence-corrected chi connectivity index (χ1v) is 11.2. The molecule has 5 rings (SSSR count). The van der Waals surface area contributed by atoms with E-state index in [2.05, 4.69) is 69.4 Å². The van der Waals surface area contributed by atoms with E-state index >= 15 is 0 Å². The molecule has 152 valence electrons. The van der Waals surface area contributed by atoms with E-state index in [9.17, 15) is 4.79 Å². The Labute approximate surface area is 181 Å². The lowest BCUT2D eigenvalue weighted by Gasteiger charge is -2.29. The maximum absolute atomic E-state index is 13.5. The van der Waals surface area contributed by atoms with Crippen molar-refractivity contribution in [3.63, 3.8) is 0 Å². The van der Waals surface area contributed by atoms with Gasteiger partial charge in [0.05, 0.1) is 17.4 Å². The Kier molecular flexibility index (Phi) is 4.83. The third-order valence-corrected chi connectivity index (χ3v) is 6.95. The van der Waals surface area contributed by atoms with Crippen molar-refractivity contribution in [2.24, 2.45) is 0 Å². The van der Waals surface area contributed by atoms with Crippen LogP contribution in [0.1, 0.15) is 35.2 Å². The molecule has 1 aliphatic heterocycles. The Morgan fingerprint density at radius 1 is 0.933 bits per heavy atom. The predicted molar refractivity (Wildman–Crippen MR) is 126 cm³/mol. The van der Waals surface area contributed by atoms with Gasteiger partial charge < -0.3 is 15.5 Å². The first-order valence-electron chi connectivity index (χ1n) is 10.3. The number of rotatable bonds is 3. The monoisotopic (exact) mass is 415 g/mol. The molecule has 0 radical (unpaired) electrons. The van der Waals surface area contributed by atoms with Crippen LogP contribution in [0.5, 0.6) is 0 Å². The lowest BCUT2D eigenvalue weighted by molar-refractivity contribution is -0.116. The minimum absolute atomic E-state index is 0.110. The van der Waals surface area contributed by atoms with Gasteiger partial charge in [-0.25, -0.2) is 0 Å². The highest BCUT2D eigenvalue weighted by Gasteiger charge is 2.36. The maximum atomic E-state index is 13.5. The average Bonchev–Trinajstić information content (AvgIpc) is 3.22. The van der Waals surface area contributed by atoms with Crippen LogP contribution < -0.4 is 15.5 Å². The summed E-state index contributed by atoms with van der Waals surface area (Å²) < 4.78 is 0. The zero-order chi connectivity index (χ0) is 20.7. The third-order valence-electron chi connectivity index (χ3n) is 6.02. The second kappa shape index (κ2) is 7.65. The quantitative estimate of drug-likeness (QED) is 0.568. The summed E-state index contributed by atoms with van der Waals surface area (Å²) in [4.78, 5) is 16.7. The number of para-hydroxylation sites is 2. The number of allylic oxidation sites excluding steroid dienone is 1. The molecular formula is C25H25N3OS. The second-order valence-corrected chi connectivity index (χ2v) is 9.15. The Bertz CT molecular complexity index is 1100. The van der Waals surface area contributed by atoms with Gasteiger partial charge in [-0.1, -0.05) is 30.3 Å². The van der Waals surface area contributed by atoms with Crippen LogP contribution in [0.25, 0.3) is 0 Å². The van der Waals surface area contributed by atoms with E-state index in [1.807, 2.05) is 26.2 Å². The molecule has 2 unspecified atom stereocenters. The van der Waals surface area contributed by atoms with E-state index in [4.69, 9.17) is 0 Å². The molecule has 2 aromatic carbocycles. The first-order chi connectivity index (χ1) is 14.6. The minimum atomic E-state index is -0.110. The summed E-state index contributed by atoms with van der Waals surface area (Å²) in [5.74, 6) is 0.415. The third kappa shape index (κ3) is 3.39. The fourth-order valence-electron chi connectivity index (χ4n) is 4.44. The van der Waals surface area contributed by atoms with Gasteiger partial charge in [-0.15, -0.1) is 11.3 Å². The van der Waals surface area contributed by atoms with Gasteiger partial charge in [0.1, 0.15) is 0 Å². The number of carbonyl (C=O) groups is 1. The standard InChI is InChI=1S/C25H25N3OS/c1-28(2)18-11-9-16(10-12-18)17-14-21-24(22(29)15-17)25(23-8-5-13-30-23)27-20-7-4-3-6-19(20)26-21/h3-13,17,25-27H,14-15H2,1-2H3. The summed E-state index contributed by atoms with van der Waals surface area (Å²) in [5, 5.41) is 9.31. The average molecular weight is 416 g/mol.